The van der Waals surface area contributed by atoms with Crippen LogP contribution < -0.4 is 5.32 Å². The third-order valence-corrected chi connectivity index (χ3v) is 3.85. The van der Waals surface area contributed by atoms with E-state index in [0.717, 1.165) is 24.7 Å². The fourth-order valence-corrected chi connectivity index (χ4v) is 2.81. The van der Waals surface area contributed by atoms with Crippen LogP contribution in [0.15, 0.2) is 11.4 Å². The van der Waals surface area contributed by atoms with Crippen LogP contribution in [-0.2, 0) is 11.3 Å². The van der Waals surface area contributed by atoms with Gasteiger partial charge in [0.2, 0.25) is 0 Å². The molecule has 1 aliphatic rings. The van der Waals surface area contributed by atoms with Gasteiger partial charge in [-0.15, -0.1) is 11.3 Å². The monoisotopic (exact) mass is 245 g/mol. The molecule has 1 N–H and O–H groups in total. The highest BCUT2D eigenvalue weighted by Gasteiger charge is 2.12. The Hall–Kier alpha value is -0.0900. The number of ether oxygens (including phenoxy) is 1. The lowest BCUT2D eigenvalue weighted by atomic mass is 10.1. The molecule has 0 aliphatic carbocycles. The molecule has 0 amide bonds. The van der Waals surface area contributed by atoms with E-state index in [0.29, 0.717) is 6.10 Å². The first-order valence-electron chi connectivity index (χ1n) is 5.40. The summed E-state index contributed by atoms with van der Waals surface area (Å²) in [6.45, 7) is 2.78. The lowest BCUT2D eigenvalue weighted by Crippen LogP contribution is -2.31. The molecule has 84 valence electrons. The van der Waals surface area contributed by atoms with Crippen molar-refractivity contribution in [2.45, 2.75) is 31.9 Å². The van der Waals surface area contributed by atoms with Gasteiger partial charge in [0.25, 0.3) is 0 Å². The van der Waals surface area contributed by atoms with E-state index < -0.39 is 0 Å². The molecular formula is C11H16ClNOS. The van der Waals surface area contributed by atoms with E-state index in [2.05, 4.69) is 5.32 Å². The van der Waals surface area contributed by atoms with Crippen molar-refractivity contribution >= 4 is 22.9 Å². The largest absolute Gasteiger partial charge is 0.377 e. The predicted octanol–water partition coefficient (Wildman–Crippen LogP) is 3.06. The molecule has 1 fully saturated rings. The second-order valence-electron chi connectivity index (χ2n) is 3.85. The first kappa shape index (κ1) is 11.4. The van der Waals surface area contributed by atoms with Crippen molar-refractivity contribution in [3.05, 3.63) is 21.3 Å². The summed E-state index contributed by atoms with van der Waals surface area (Å²) in [6.07, 6.45) is 4.13. The van der Waals surface area contributed by atoms with Crippen molar-refractivity contribution in [3.8, 4) is 0 Å². The van der Waals surface area contributed by atoms with Gasteiger partial charge >= 0.3 is 0 Å². The molecule has 0 saturated carbocycles. The molecule has 1 aromatic rings. The third kappa shape index (κ3) is 3.76. The number of nitrogens with one attached hydrogen (secondary N) is 1. The van der Waals surface area contributed by atoms with Crippen molar-refractivity contribution < 1.29 is 4.74 Å². The van der Waals surface area contributed by atoms with Gasteiger partial charge in [-0.25, -0.2) is 0 Å². The average Bonchev–Trinajstić information content (AvgIpc) is 2.66. The molecule has 15 heavy (non-hydrogen) atoms. The first-order chi connectivity index (χ1) is 7.34. The van der Waals surface area contributed by atoms with Crippen LogP contribution in [0.1, 0.15) is 24.1 Å². The van der Waals surface area contributed by atoms with E-state index in [1.807, 2.05) is 11.4 Å². The smallest absolute Gasteiger partial charge is 0.0699 e. The van der Waals surface area contributed by atoms with Crippen molar-refractivity contribution in [1.29, 1.82) is 0 Å². The van der Waals surface area contributed by atoms with Crippen LogP contribution in [0.25, 0.3) is 0 Å². The molecule has 0 bridgehead atoms. The SMILES string of the molecule is Clc1csc(CNCC2CCCCO2)c1. The lowest BCUT2D eigenvalue weighted by Gasteiger charge is -2.22. The fourth-order valence-electron chi connectivity index (χ4n) is 1.77. The van der Waals surface area contributed by atoms with Crippen LogP contribution in [0.3, 0.4) is 0 Å². The molecule has 1 aliphatic heterocycles. The highest BCUT2D eigenvalue weighted by Crippen LogP contribution is 2.19. The Morgan fingerprint density at radius 3 is 3.13 bits per heavy atom. The second-order valence-corrected chi connectivity index (χ2v) is 5.28. The molecule has 1 aromatic heterocycles. The second kappa shape index (κ2) is 5.85. The zero-order valence-corrected chi connectivity index (χ0v) is 10.2. The van der Waals surface area contributed by atoms with Gasteiger partial charge in [0, 0.05) is 30.0 Å². The Morgan fingerprint density at radius 1 is 1.53 bits per heavy atom. The summed E-state index contributed by atoms with van der Waals surface area (Å²) in [5.74, 6) is 0. The van der Waals surface area contributed by atoms with Gasteiger partial charge in [0.05, 0.1) is 11.1 Å². The summed E-state index contributed by atoms with van der Waals surface area (Å²) in [5, 5.41) is 6.22. The number of halogens is 1. The van der Waals surface area contributed by atoms with E-state index >= 15 is 0 Å². The summed E-state index contributed by atoms with van der Waals surface area (Å²) in [6, 6.07) is 2.01. The lowest BCUT2D eigenvalue weighted by molar-refractivity contribution is 0.0168. The van der Waals surface area contributed by atoms with E-state index in [-0.39, 0.29) is 0 Å². The standard InChI is InChI=1S/C11H16ClNOS/c12-9-5-11(15-8-9)7-13-6-10-3-1-2-4-14-10/h5,8,10,13H,1-4,6-7H2. The van der Waals surface area contributed by atoms with Crippen LogP contribution in [0.2, 0.25) is 5.02 Å². The summed E-state index contributed by atoms with van der Waals surface area (Å²) >= 11 is 7.55. The normalized spacial score (nSPS) is 21.8. The Morgan fingerprint density at radius 2 is 2.47 bits per heavy atom. The molecular weight excluding hydrogens is 230 g/mol. The Labute approximate surface area is 99.6 Å². The van der Waals surface area contributed by atoms with Crippen LogP contribution >= 0.6 is 22.9 Å². The predicted molar refractivity (Wildman–Crippen MR) is 64.6 cm³/mol. The van der Waals surface area contributed by atoms with Gasteiger partial charge in [0.15, 0.2) is 0 Å². The van der Waals surface area contributed by atoms with E-state index in [1.54, 1.807) is 11.3 Å². The molecule has 0 aromatic carbocycles. The zero-order chi connectivity index (χ0) is 10.5. The van der Waals surface area contributed by atoms with Crippen molar-refractivity contribution in [2.75, 3.05) is 13.2 Å². The van der Waals surface area contributed by atoms with E-state index in [9.17, 15) is 0 Å². The molecule has 1 saturated heterocycles. The number of hydrogen-bond acceptors (Lipinski definition) is 3. The van der Waals surface area contributed by atoms with Gasteiger partial charge in [-0.05, 0) is 25.3 Å². The molecule has 2 rings (SSSR count). The van der Waals surface area contributed by atoms with Crippen LogP contribution in [0.4, 0.5) is 0 Å². The Balaban J connectivity index is 1.65. The maximum Gasteiger partial charge on any atom is 0.0699 e. The Kier molecular flexibility index (Phi) is 4.44. The fraction of sp³-hybridized carbons (Fsp3) is 0.636. The number of rotatable bonds is 4. The number of hydrogen-bond donors (Lipinski definition) is 1. The third-order valence-electron chi connectivity index (χ3n) is 2.57. The van der Waals surface area contributed by atoms with Crippen LogP contribution in [-0.4, -0.2) is 19.3 Å². The molecule has 0 spiro atoms. The molecule has 2 nitrogen and oxygen atoms in total. The summed E-state index contributed by atoms with van der Waals surface area (Å²) in [7, 11) is 0. The molecule has 1 atom stereocenters. The maximum absolute atomic E-state index is 5.85. The molecule has 4 heteroatoms. The summed E-state index contributed by atoms with van der Waals surface area (Å²) < 4.78 is 5.64. The number of thiophene rings is 1. The van der Waals surface area contributed by atoms with Crippen LogP contribution in [0.5, 0.6) is 0 Å². The van der Waals surface area contributed by atoms with E-state index in [4.69, 9.17) is 16.3 Å². The topological polar surface area (TPSA) is 21.3 Å². The minimum atomic E-state index is 0.411. The molecule has 1 unspecified atom stereocenters. The van der Waals surface area contributed by atoms with Crippen LogP contribution in [0, 0.1) is 0 Å². The first-order valence-corrected chi connectivity index (χ1v) is 6.65. The van der Waals surface area contributed by atoms with Crippen molar-refractivity contribution in [3.63, 3.8) is 0 Å². The summed E-state index contributed by atoms with van der Waals surface area (Å²) in [4.78, 5) is 1.29. The van der Waals surface area contributed by atoms with Crippen molar-refractivity contribution in [1.82, 2.24) is 5.32 Å². The maximum atomic E-state index is 5.85. The zero-order valence-electron chi connectivity index (χ0n) is 8.67. The molecule has 2 heterocycles. The average molecular weight is 246 g/mol. The highest BCUT2D eigenvalue weighted by atomic mass is 35.5. The van der Waals surface area contributed by atoms with Gasteiger partial charge < -0.3 is 10.1 Å². The Bertz CT molecular complexity index is 297. The van der Waals surface area contributed by atoms with Gasteiger partial charge in [-0.1, -0.05) is 11.6 Å². The van der Waals surface area contributed by atoms with Gasteiger partial charge in [0.1, 0.15) is 0 Å². The summed E-state index contributed by atoms with van der Waals surface area (Å²) in [5.41, 5.74) is 0. The minimum absolute atomic E-state index is 0.411. The quantitative estimate of drug-likeness (QED) is 0.881. The van der Waals surface area contributed by atoms with E-state index in [1.165, 1.54) is 24.1 Å². The highest BCUT2D eigenvalue weighted by molar-refractivity contribution is 7.10. The molecule has 0 radical (unpaired) electrons. The van der Waals surface area contributed by atoms with Gasteiger partial charge in [-0.3, -0.25) is 0 Å². The minimum Gasteiger partial charge on any atom is -0.377 e. The van der Waals surface area contributed by atoms with Gasteiger partial charge in [-0.2, -0.15) is 0 Å². The van der Waals surface area contributed by atoms with Crippen molar-refractivity contribution in [2.24, 2.45) is 0 Å².